The highest BCUT2D eigenvalue weighted by atomic mass is 32.1. The molecule has 1 aliphatic carbocycles. The maximum atomic E-state index is 2.50. The van der Waals surface area contributed by atoms with Crippen LogP contribution in [0.25, 0.3) is 87.6 Å². The van der Waals surface area contributed by atoms with Crippen LogP contribution in [-0.2, 0) is 0 Å². The molecular weight excluding hydrogens is 741 g/mol. The third-order valence-electron chi connectivity index (χ3n) is 11.5. The summed E-state index contributed by atoms with van der Waals surface area (Å²) in [6, 6.07) is 64.7. The van der Waals surface area contributed by atoms with Crippen molar-refractivity contribution in [3.63, 3.8) is 0 Å². The lowest BCUT2D eigenvalue weighted by molar-refractivity contribution is 0.786. The number of rotatable bonds is 8. The molecule has 10 aromatic rings. The van der Waals surface area contributed by atoms with E-state index >= 15 is 0 Å². The SMILES string of the molecule is C1=CCC(c2ccc(-c3ccccc3)n2-c2ccc3c(-c4cccs4)c4cc(-n5c(-c6ccccc6)ccc5-c5ccccc5)ccc4c(-c4cccs4)c3c2)C=C1. The summed E-state index contributed by atoms with van der Waals surface area (Å²) in [7, 11) is 0. The molecule has 0 amide bonds. The Morgan fingerprint density at radius 2 is 0.897 bits per heavy atom. The van der Waals surface area contributed by atoms with Crippen LogP contribution in [0.4, 0.5) is 0 Å². The summed E-state index contributed by atoms with van der Waals surface area (Å²) in [4.78, 5) is 2.53. The van der Waals surface area contributed by atoms with Gasteiger partial charge in [0.1, 0.15) is 0 Å². The van der Waals surface area contributed by atoms with Gasteiger partial charge in [0, 0.05) is 43.9 Å². The van der Waals surface area contributed by atoms with E-state index in [9.17, 15) is 0 Å². The molecule has 11 rings (SSSR count). The van der Waals surface area contributed by atoms with Crippen molar-refractivity contribution in [2.45, 2.75) is 12.3 Å². The number of allylic oxidation sites excluding steroid dienone is 4. The minimum Gasteiger partial charge on any atom is -0.313 e. The molecule has 0 fully saturated rings. The Balaban J connectivity index is 1.20. The van der Waals surface area contributed by atoms with Gasteiger partial charge in [0.05, 0.1) is 17.1 Å². The van der Waals surface area contributed by atoms with Crippen LogP contribution in [0.3, 0.4) is 0 Å². The largest absolute Gasteiger partial charge is 0.313 e. The van der Waals surface area contributed by atoms with Crippen molar-refractivity contribution in [2.24, 2.45) is 0 Å². The molecule has 0 saturated carbocycles. The summed E-state index contributed by atoms with van der Waals surface area (Å²) in [6.07, 6.45) is 9.96. The zero-order valence-corrected chi connectivity index (χ0v) is 33.3. The molecule has 4 heteroatoms. The van der Waals surface area contributed by atoms with Crippen molar-refractivity contribution in [1.82, 2.24) is 9.13 Å². The first-order valence-electron chi connectivity index (χ1n) is 19.8. The fourth-order valence-electron chi connectivity index (χ4n) is 8.90. The molecule has 6 aromatic carbocycles. The highest BCUT2D eigenvalue weighted by Crippen LogP contribution is 2.48. The standard InChI is InChI=1S/C54H38N2S2/c1-5-15-37(16-6-1)47-29-30-48(38-17-7-2-8-18-38)55(47)41-25-27-43-45(35-41)53(51-23-13-33-57-51)44-28-26-42(36-46(44)54(43)52-24-14-34-58-52)56-49(39-19-9-3-10-20-39)31-32-50(56)40-21-11-4-12-22-40/h1-21,23-36,40H,22H2. The molecule has 1 atom stereocenters. The third-order valence-corrected chi connectivity index (χ3v) is 13.3. The van der Waals surface area contributed by atoms with E-state index in [1.165, 1.54) is 87.6 Å². The Morgan fingerprint density at radius 3 is 1.36 bits per heavy atom. The first-order valence-corrected chi connectivity index (χ1v) is 21.6. The van der Waals surface area contributed by atoms with E-state index in [2.05, 4.69) is 220 Å². The van der Waals surface area contributed by atoms with Crippen LogP contribution >= 0.6 is 22.7 Å². The van der Waals surface area contributed by atoms with Crippen molar-refractivity contribution in [2.75, 3.05) is 0 Å². The monoisotopic (exact) mass is 778 g/mol. The Hall–Kier alpha value is -6.72. The van der Waals surface area contributed by atoms with Gasteiger partial charge in [-0.2, -0.15) is 0 Å². The van der Waals surface area contributed by atoms with Crippen LogP contribution in [0.1, 0.15) is 18.0 Å². The van der Waals surface area contributed by atoms with Crippen molar-refractivity contribution < 1.29 is 0 Å². The quantitative estimate of drug-likeness (QED) is 0.136. The third kappa shape index (κ3) is 5.92. The van der Waals surface area contributed by atoms with Gasteiger partial charge in [-0.3, -0.25) is 0 Å². The van der Waals surface area contributed by atoms with Gasteiger partial charge in [0.2, 0.25) is 0 Å². The van der Waals surface area contributed by atoms with Crippen LogP contribution in [-0.4, -0.2) is 9.13 Å². The van der Waals surface area contributed by atoms with Gasteiger partial charge in [-0.05, 0) is 116 Å². The number of hydrogen-bond acceptors (Lipinski definition) is 2. The summed E-state index contributed by atoms with van der Waals surface area (Å²) in [5.74, 6) is 0.293. The number of thiophene rings is 2. The fraction of sp³-hybridized carbons (Fsp3) is 0.0370. The van der Waals surface area contributed by atoms with Gasteiger partial charge in [-0.25, -0.2) is 0 Å². The van der Waals surface area contributed by atoms with E-state index in [0.29, 0.717) is 5.92 Å². The summed E-state index contributed by atoms with van der Waals surface area (Å²) >= 11 is 3.63. The lowest BCUT2D eigenvalue weighted by atomic mass is 9.89. The van der Waals surface area contributed by atoms with Gasteiger partial charge in [0.25, 0.3) is 0 Å². The lowest BCUT2D eigenvalue weighted by Crippen LogP contribution is -2.07. The van der Waals surface area contributed by atoms with Gasteiger partial charge in [0.15, 0.2) is 0 Å². The topological polar surface area (TPSA) is 9.86 Å². The van der Waals surface area contributed by atoms with Gasteiger partial charge < -0.3 is 9.13 Å². The van der Waals surface area contributed by atoms with Crippen molar-refractivity contribution >= 4 is 44.2 Å². The van der Waals surface area contributed by atoms with Gasteiger partial charge in [-0.15, -0.1) is 22.7 Å². The van der Waals surface area contributed by atoms with E-state index in [0.717, 1.165) is 12.1 Å². The molecule has 0 bridgehead atoms. The molecule has 0 radical (unpaired) electrons. The van der Waals surface area contributed by atoms with E-state index < -0.39 is 0 Å². The Morgan fingerprint density at radius 1 is 0.414 bits per heavy atom. The predicted octanol–water partition coefficient (Wildman–Crippen LogP) is 15.6. The Bertz CT molecular complexity index is 3050. The predicted molar refractivity (Wildman–Crippen MR) is 249 cm³/mol. The number of benzene rings is 6. The molecule has 0 saturated heterocycles. The summed E-state index contributed by atoms with van der Waals surface area (Å²) in [5, 5.41) is 9.43. The molecule has 2 nitrogen and oxygen atoms in total. The fourth-order valence-corrected chi connectivity index (χ4v) is 10.5. The normalized spacial score (nSPS) is 13.8. The number of aromatic nitrogens is 2. The Labute approximate surface area is 346 Å². The number of hydrogen-bond donors (Lipinski definition) is 0. The minimum absolute atomic E-state index is 0.293. The summed E-state index contributed by atoms with van der Waals surface area (Å²) in [6.45, 7) is 0. The maximum absolute atomic E-state index is 2.50. The first kappa shape index (κ1) is 34.5. The van der Waals surface area contributed by atoms with E-state index in [-0.39, 0.29) is 0 Å². The second kappa shape index (κ2) is 14.7. The average Bonchev–Trinajstić information content (AvgIpc) is 4.15. The van der Waals surface area contributed by atoms with Crippen LogP contribution in [0, 0.1) is 0 Å². The summed E-state index contributed by atoms with van der Waals surface area (Å²) in [5.41, 5.74) is 13.3. The molecule has 58 heavy (non-hydrogen) atoms. The minimum atomic E-state index is 0.293. The molecule has 4 heterocycles. The molecule has 4 aromatic heterocycles. The van der Waals surface area contributed by atoms with Crippen LogP contribution in [0.5, 0.6) is 0 Å². The highest BCUT2D eigenvalue weighted by molar-refractivity contribution is 7.14. The highest BCUT2D eigenvalue weighted by Gasteiger charge is 2.23. The zero-order valence-electron chi connectivity index (χ0n) is 31.7. The lowest BCUT2D eigenvalue weighted by Gasteiger charge is -2.22. The van der Waals surface area contributed by atoms with E-state index in [1.807, 2.05) is 22.7 Å². The molecule has 0 N–H and O–H groups in total. The van der Waals surface area contributed by atoms with Crippen LogP contribution < -0.4 is 0 Å². The molecule has 0 spiro atoms. The van der Waals surface area contributed by atoms with E-state index in [1.54, 1.807) is 0 Å². The molecular formula is C54H38N2S2. The van der Waals surface area contributed by atoms with Crippen LogP contribution in [0.2, 0.25) is 0 Å². The van der Waals surface area contributed by atoms with Crippen molar-refractivity contribution in [1.29, 1.82) is 0 Å². The maximum Gasteiger partial charge on any atom is 0.0535 e. The molecule has 276 valence electrons. The van der Waals surface area contributed by atoms with Crippen LogP contribution in [0.15, 0.2) is 211 Å². The summed E-state index contributed by atoms with van der Waals surface area (Å²) < 4.78 is 4.94. The zero-order chi connectivity index (χ0) is 38.4. The molecule has 0 aliphatic heterocycles. The van der Waals surface area contributed by atoms with Crippen molar-refractivity contribution in [3.8, 4) is 66.0 Å². The van der Waals surface area contributed by atoms with E-state index in [4.69, 9.17) is 0 Å². The average molecular weight is 779 g/mol. The second-order valence-corrected chi connectivity index (χ2v) is 16.7. The van der Waals surface area contributed by atoms with Gasteiger partial charge in [-0.1, -0.05) is 140 Å². The smallest absolute Gasteiger partial charge is 0.0535 e. The Kier molecular flexibility index (Phi) is 8.72. The second-order valence-electron chi connectivity index (χ2n) is 14.8. The first-order chi connectivity index (χ1) is 28.8. The van der Waals surface area contributed by atoms with Crippen molar-refractivity contribution in [3.05, 3.63) is 217 Å². The number of nitrogens with zero attached hydrogens (tertiary/aromatic N) is 2. The number of fused-ring (bicyclic) bond motifs is 2. The molecule has 1 unspecified atom stereocenters. The molecule has 1 aliphatic rings. The van der Waals surface area contributed by atoms with Gasteiger partial charge >= 0.3 is 0 Å².